The summed E-state index contributed by atoms with van der Waals surface area (Å²) in [4.78, 5) is 1.22. The van der Waals surface area contributed by atoms with E-state index in [0.29, 0.717) is 0 Å². The third kappa shape index (κ3) is 4.63. The van der Waals surface area contributed by atoms with Gasteiger partial charge in [0.25, 0.3) is 0 Å². The molecule has 3 nitrogen and oxygen atoms in total. The Labute approximate surface area is 167 Å². The minimum Gasteiger partial charge on any atom is -0.328 e. The van der Waals surface area contributed by atoms with Crippen molar-refractivity contribution in [3.8, 4) is 11.3 Å². The summed E-state index contributed by atoms with van der Waals surface area (Å²) in [7, 11) is 2.02. The van der Waals surface area contributed by atoms with Gasteiger partial charge in [0.2, 0.25) is 0 Å². The number of nitrogens with two attached hydrogens (primary N) is 1. The lowest BCUT2D eigenvalue weighted by atomic mass is 9.87. The Morgan fingerprint density at radius 1 is 1.04 bits per heavy atom. The minimum absolute atomic E-state index is 0.0827. The molecule has 0 saturated heterocycles. The summed E-state index contributed by atoms with van der Waals surface area (Å²) >= 11 is 1.76. The van der Waals surface area contributed by atoms with Crippen molar-refractivity contribution in [2.45, 2.75) is 55.5 Å². The number of hydrogen-bond acceptors (Lipinski definition) is 3. The Bertz CT molecular complexity index is 888. The Balaban J connectivity index is 1.98. The van der Waals surface area contributed by atoms with E-state index in [1.54, 1.807) is 11.8 Å². The molecule has 1 unspecified atom stereocenters. The fraction of sp³-hybridized carbons (Fsp3) is 0.348. The van der Waals surface area contributed by atoms with Gasteiger partial charge in [0.1, 0.15) is 5.03 Å². The summed E-state index contributed by atoms with van der Waals surface area (Å²) < 4.78 is 1.99. The molecule has 3 aromatic rings. The summed E-state index contributed by atoms with van der Waals surface area (Å²) in [6.07, 6.45) is 0.806. The van der Waals surface area contributed by atoms with Crippen molar-refractivity contribution in [2.75, 3.05) is 0 Å². The van der Waals surface area contributed by atoms with Gasteiger partial charge in [-0.2, -0.15) is 5.10 Å². The second-order valence-electron chi connectivity index (χ2n) is 8.18. The maximum atomic E-state index is 6.16. The summed E-state index contributed by atoms with van der Waals surface area (Å²) in [5, 5.41) is 5.99. The van der Waals surface area contributed by atoms with E-state index >= 15 is 0 Å². The quantitative estimate of drug-likeness (QED) is 0.643. The van der Waals surface area contributed by atoms with Gasteiger partial charge in [-0.05, 0) is 36.5 Å². The average molecular weight is 380 g/mol. The van der Waals surface area contributed by atoms with Crippen LogP contribution in [0.25, 0.3) is 11.3 Å². The molecule has 142 valence electrons. The van der Waals surface area contributed by atoms with Crippen molar-refractivity contribution < 1.29 is 0 Å². The van der Waals surface area contributed by atoms with Crippen LogP contribution in [0.1, 0.15) is 38.8 Å². The van der Waals surface area contributed by atoms with Crippen LogP contribution in [0.4, 0.5) is 0 Å². The molecule has 0 spiro atoms. The Morgan fingerprint density at radius 2 is 1.67 bits per heavy atom. The van der Waals surface area contributed by atoms with Crippen molar-refractivity contribution in [1.29, 1.82) is 0 Å². The fourth-order valence-corrected chi connectivity index (χ4v) is 4.12. The highest BCUT2D eigenvalue weighted by atomic mass is 32.2. The highest BCUT2D eigenvalue weighted by molar-refractivity contribution is 7.99. The first kappa shape index (κ1) is 19.7. The second kappa shape index (κ2) is 7.91. The van der Waals surface area contributed by atoms with E-state index in [2.05, 4.69) is 69.3 Å². The molecule has 4 heteroatoms. The van der Waals surface area contributed by atoms with Crippen LogP contribution in [0.2, 0.25) is 0 Å². The molecule has 0 saturated carbocycles. The molecule has 0 bridgehead atoms. The number of hydrogen-bond donors (Lipinski definition) is 1. The smallest absolute Gasteiger partial charge is 0.102 e. The zero-order valence-corrected chi connectivity index (χ0v) is 17.7. The molecule has 0 radical (unpaired) electrons. The number of nitrogens with zero attached hydrogens (tertiary/aromatic N) is 2. The number of rotatable bonds is 5. The lowest BCUT2D eigenvalue weighted by Gasteiger charge is -2.19. The monoisotopic (exact) mass is 379 g/mol. The minimum atomic E-state index is 0.0827. The van der Waals surface area contributed by atoms with E-state index in [4.69, 9.17) is 10.8 Å². The molecule has 27 heavy (non-hydrogen) atoms. The van der Waals surface area contributed by atoms with Crippen LogP contribution in [0.3, 0.4) is 0 Å². The molecule has 2 N–H and O–H groups in total. The third-order valence-electron chi connectivity index (χ3n) is 4.60. The van der Waals surface area contributed by atoms with Gasteiger partial charge in [-0.15, -0.1) is 0 Å². The van der Waals surface area contributed by atoms with E-state index < -0.39 is 0 Å². The molecule has 0 aliphatic rings. The summed E-state index contributed by atoms with van der Waals surface area (Å²) in [6.45, 7) is 8.77. The van der Waals surface area contributed by atoms with Crippen LogP contribution < -0.4 is 5.73 Å². The predicted molar refractivity (Wildman–Crippen MR) is 115 cm³/mol. The molecular weight excluding hydrogens is 350 g/mol. The summed E-state index contributed by atoms with van der Waals surface area (Å²) in [5.41, 5.74) is 11.1. The van der Waals surface area contributed by atoms with Gasteiger partial charge in [-0.1, -0.05) is 75.0 Å². The number of aromatic nitrogens is 2. The Morgan fingerprint density at radius 3 is 2.22 bits per heavy atom. The predicted octanol–water partition coefficient (Wildman–Crippen LogP) is 5.43. The van der Waals surface area contributed by atoms with E-state index in [9.17, 15) is 0 Å². The Kier molecular flexibility index (Phi) is 5.78. The molecule has 0 amide bonds. The van der Waals surface area contributed by atoms with Crippen LogP contribution in [0.15, 0.2) is 64.5 Å². The SMILES string of the molecule is CC(N)Cc1c(-c2ccccc2)nn(C)c1Sc1ccc(C(C)(C)C)cc1. The average Bonchev–Trinajstić information content (AvgIpc) is 2.91. The van der Waals surface area contributed by atoms with Gasteiger partial charge in [-0.3, -0.25) is 4.68 Å². The largest absolute Gasteiger partial charge is 0.328 e. The van der Waals surface area contributed by atoms with Gasteiger partial charge in [-0.25, -0.2) is 0 Å². The third-order valence-corrected chi connectivity index (χ3v) is 5.81. The highest BCUT2D eigenvalue weighted by Gasteiger charge is 2.20. The fourth-order valence-electron chi connectivity index (χ4n) is 3.15. The lowest BCUT2D eigenvalue weighted by molar-refractivity contribution is 0.589. The molecule has 0 aliphatic heterocycles. The van der Waals surface area contributed by atoms with Crippen molar-refractivity contribution in [3.05, 3.63) is 65.7 Å². The molecule has 0 fully saturated rings. The molecule has 3 rings (SSSR count). The van der Waals surface area contributed by atoms with Gasteiger partial charge in [0.15, 0.2) is 0 Å². The number of benzene rings is 2. The second-order valence-corrected chi connectivity index (χ2v) is 9.24. The molecule has 0 aliphatic carbocycles. The lowest BCUT2D eigenvalue weighted by Crippen LogP contribution is -2.18. The zero-order valence-electron chi connectivity index (χ0n) is 16.9. The van der Waals surface area contributed by atoms with E-state index in [-0.39, 0.29) is 11.5 Å². The van der Waals surface area contributed by atoms with Gasteiger partial charge in [0.05, 0.1) is 5.69 Å². The summed E-state index contributed by atoms with van der Waals surface area (Å²) in [5.74, 6) is 0. The van der Waals surface area contributed by atoms with Crippen LogP contribution in [-0.2, 0) is 18.9 Å². The van der Waals surface area contributed by atoms with Crippen LogP contribution in [0.5, 0.6) is 0 Å². The zero-order chi connectivity index (χ0) is 19.6. The van der Waals surface area contributed by atoms with Crippen molar-refractivity contribution in [1.82, 2.24) is 9.78 Å². The van der Waals surface area contributed by atoms with Crippen LogP contribution >= 0.6 is 11.8 Å². The molecule has 1 aromatic heterocycles. The van der Waals surface area contributed by atoms with Gasteiger partial charge < -0.3 is 5.73 Å². The first-order valence-corrected chi connectivity index (χ1v) is 10.2. The maximum absolute atomic E-state index is 6.16. The molecular formula is C23H29N3S. The first-order valence-electron chi connectivity index (χ1n) is 9.41. The van der Waals surface area contributed by atoms with E-state index in [0.717, 1.165) is 22.7 Å². The van der Waals surface area contributed by atoms with Gasteiger partial charge in [0, 0.05) is 29.1 Å². The normalized spacial score (nSPS) is 13.0. The number of aryl methyl sites for hydroxylation is 1. The van der Waals surface area contributed by atoms with Crippen LogP contribution in [-0.4, -0.2) is 15.8 Å². The van der Waals surface area contributed by atoms with Crippen molar-refractivity contribution >= 4 is 11.8 Å². The Hall–Kier alpha value is -2.04. The molecule has 1 heterocycles. The highest BCUT2D eigenvalue weighted by Crippen LogP contribution is 2.37. The van der Waals surface area contributed by atoms with Crippen molar-refractivity contribution in [2.24, 2.45) is 12.8 Å². The standard InChI is InChI=1S/C23H29N3S/c1-16(24)15-20-21(17-9-7-6-8-10-17)25-26(5)22(20)27-19-13-11-18(12-14-19)23(2,3)4/h6-14,16H,15,24H2,1-5H3. The topological polar surface area (TPSA) is 43.8 Å². The first-order chi connectivity index (χ1) is 12.8. The molecule has 2 aromatic carbocycles. The molecule has 1 atom stereocenters. The summed E-state index contributed by atoms with van der Waals surface area (Å²) in [6, 6.07) is 19.3. The van der Waals surface area contributed by atoms with Crippen LogP contribution in [0, 0.1) is 0 Å². The van der Waals surface area contributed by atoms with Gasteiger partial charge >= 0.3 is 0 Å². The maximum Gasteiger partial charge on any atom is 0.102 e. The van der Waals surface area contributed by atoms with Crippen molar-refractivity contribution in [3.63, 3.8) is 0 Å². The van der Waals surface area contributed by atoms with E-state index in [1.165, 1.54) is 16.0 Å². The van der Waals surface area contributed by atoms with E-state index in [1.807, 2.05) is 24.7 Å².